The van der Waals surface area contributed by atoms with Crippen molar-refractivity contribution in [2.75, 3.05) is 13.7 Å². The lowest BCUT2D eigenvalue weighted by atomic mass is 10.1. The van der Waals surface area contributed by atoms with Gasteiger partial charge in [-0.15, -0.1) is 0 Å². The summed E-state index contributed by atoms with van der Waals surface area (Å²) in [6.07, 6.45) is 1.34. The Kier molecular flexibility index (Phi) is 4.26. The summed E-state index contributed by atoms with van der Waals surface area (Å²) in [5.41, 5.74) is 0.998. The second-order valence-electron chi connectivity index (χ2n) is 4.43. The molecule has 0 spiro atoms. The molecule has 5 heteroatoms. The van der Waals surface area contributed by atoms with Crippen molar-refractivity contribution in [1.82, 2.24) is 9.88 Å². The molecule has 2 rings (SSSR count). The summed E-state index contributed by atoms with van der Waals surface area (Å²) >= 11 is 11.8. The summed E-state index contributed by atoms with van der Waals surface area (Å²) < 4.78 is 5.56. The van der Waals surface area contributed by atoms with E-state index >= 15 is 0 Å². The van der Waals surface area contributed by atoms with E-state index in [1.807, 2.05) is 6.07 Å². The van der Waals surface area contributed by atoms with E-state index in [9.17, 15) is 0 Å². The molecule has 2 unspecified atom stereocenters. The number of rotatable bonds is 3. The molecule has 0 amide bonds. The molecule has 1 aromatic heterocycles. The van der Waals surface area contributed by atoms with Crippen LogP contribution in [0.3, 0.4) is 0 Å². The highest BCUT2D eigenvalue weighted by atomic mass is 35.5. The molecule has 94 valence electrons. The third kappa shape index (κ3) is 3.10. The Morgan fingerprint density at radius 1 is 1.47 bits per heavy atom. The smallest absolute Gasteiger partial charge is 0.135 e. The normalized spacial score (nSPS) is 24.5. The number of ether oxygens (including phenoxy) is 1. The van der Waals surface area contributed by atoms with Gasteiger partial charge in [-0.25, -0.2) is 4.98 Å². The molecule has 1 aromatic rings. The van der Waals surface area contributed by atoms with Gasteiger partial charge in [-0.2, -0.15) is 0 Å². The fraction of sp³-hybridized carbons (Fsp3) is 0.583. The molecule has 0 bridgehead atoms. The van der Waals surface area contributed by atoms with Gasteiger partial charge in [0.2, 0.25) is 0 Å². The third-order valence-corrected chi connectivity index (χ3v) is 3.75. The Hall–Kier alpha value is -0.350. The second kappa shape index (κ2) is 5.53. The zero-order valence-electron chi connectivity index (χ0n) is 9.99. The minimum absolute atomic E-state index is 0.277. The van der Waals surface area contributed by atoms with Gasteiger partial charge in [0.15, 0.2) is 0 Å². The monoisotopic (exact) mass is 274 g/mol. The van der Waals surface area contributed by atoms with Crippen LogP contribution in [0.15, 0.2) is 12.1 Å². The molecule has 2 heterocycles. The van der Waals surface area contributed by atoms with Crippen LogP contribution in [0.2, 0.25) is 10.3 Å². The molecule has 0 aromatic carbocycles. The maximum Gasteiger partial charge on any atom is 0.135 e. The average Bonchev–Trinajstić information content (AvgIpc) is 2.68. The molecule has 2 atom stereocenters. The number of nitrogens with zero attached hydrogens (tertiary/aromatic N) is 2. The topological polar surface area (TPSA) is 25.4 Å². The van der Waals surface area contributed by atoms with E-state index in [2.05, 4.69) is 23.9 Å². The summed E-state index contributed by atoms with van der Waals surface area (Å²) in [6, 6.07) is 4.14. The van der Waals surface area contributed by atoms with Crippen molar-refractivity contribution in [2.24, 2.45) is 0 Å². The number of aromatic nitrogens is 1. The lowest BCUT2D eigenvalue weighted by molar-refractivity contribution is 0.0814. The fourth-order valence-corrected chi connectivity index (χ4v) is 2.65. The van der Waals surface area contributed by atoms with Gasteiger partial charge < -0.3 is 4.74 Å². The molecule has 1 saturated heterocycles. The van der Waals surface area contributed by atoms with Crippen molar-refractivity contribution in [3.63, 3.8) is 0 Å². The quantitative estimate of drug-likeness (QED) is 0.793. The predicted octanol–water partition coefficient (Wildman–Crippen LogP) is 3.00. The van der Waals surface area contributed by atoms with Crippen molar-refractivity contribution >= 4 is 23.2 Å². The SMILES string of the molecule is CC1OCCC1N(C)Cc1ccc(Cl)nc1Cl. The van der Waals surface area contributed by atoms with Gasteiger partial charge in [-0.3, -0.25) is 4.90 Å². The highest BCUT2D eigenvalue weighted by molar-refractivity contribution is 6.32. The highest BCUT2D eigenvalue weighted by Crippen LogP contribution is 2.23. The maximum atomic E-state index is 6.06. The van der Waals surface area contributed by atoms with Crippen LogP contribution in [-0.4, -0.2) is 35.7 Å². The van der Waals surface area contributed by atoms with Crippen molar-refractivity contribution in [1.29, 1.82) is 0 Å². The van der Waals surface area contributed by atoms with E-state index in [4.69, 9.17) is 27.9 Å². The Balaban J connectivity index is 2.04. The van der Waals surface area contributed by atoms with Gasteiger partial charge >= 0.3 is 0 Å². The first kappa shape index (κ1) is 13.1. The van der Waals surface area contributed by atoms with Crippen LogP contribution in [0, 0.1) is 0 Å². The van der Waals surface area contributed by atoms with Crippen LogP contribution < -0.4 is 0 Å². The van der Waals surface area contributed by atoms with Crippen molar-refractivity contribution < 1.29 is 4.74 Å². The molecule has 17 heavy (non-hydrogen) atoms. The standard InChI is InChI=1S/C12H16Cl2N2O/c1-8-10(5-6-17-8)16(2)7-9-3-4-11(13)15-12(9)14/h3-4,8,10H,5-7H2,1-2H3. The van der Waals surface area contributed by atoms with Gasteiger partial charge in [0.25, 0.3) is 0 Å². The molecule has 0 N–H and O–H groups in total. The van der Waals surface area contributed by atoms with E-state index in [1.54, 1.807) is 6.07 Å². The molecule has 0 radical (unpaired) electrons. The van der Waals surface area contributed by atoms with Crippen molar-refractivity contribution in [3.8, 4) is 0 Å². The van der Waals surface area contributed by atoms with Crippen LogP contribution in [0.4, 0.5) is 0 Å². The van der Waals surface area contributed by atoms with Crippen LogP contribution in [0.5, 0.6) is 0 Å². The predicted molar refractivity (Wildman–Crippen MR) is 69.5 cm³/mol. The van der Waals surface area contributed by atoms with Crippen LogP contribution >= 0.6 is 23.2 Å². The molecule has 0 aliphatic carbocycles. The Labute approximate surface area is 112 Å². The minimum Gasteiger partial charge on any atom is -0.377 e. The zero-order chi connectivity index (χ0) is 12.4. The first-order valence-electron chi connectivity index (χ1n) is 5.70. The second-order valence-corrected chi connectivity index (χ2v) is 5.18. The first-order chi connectivity index (χ1) is 8.08. The van der Waals surface area contributed by atoms with Gasteiger partial charge in [0.05, 0.1) is 6.10 Å². The Morgan fingerprint density at radius 3 is 2.82 bits per heavy atom. The van der Waals surface area contributed by atoms with E-state index < -0.39 is 0 Å². The van der Waals surface area contributed by atoms with Crippen molar-refractivity contribution in [2.45, 2.75) is 32.0 Å². The summed E-state index contributed by atoms with van der Waals surface area (Å²) in [4.78, 5) is 6.30. The number of likely N-dealkylation sites (N-methyl/N-ethyl adjacent to an activating group) is 1. The Bertz CT molecular complexity index is 400. The largest absolute Gasteiger partial charge is 0.377 e. The van der Waals surface area contributed by atoms with E-state index in [0.29, 0.717) is 16.3 Å². The molecular weight excluding hydrogens is 259 g/mol. The molecule has 1 fully saturated rings. The molecule has 0 saturated carbocycles. The number of halogens is 2. The zero-order valence-corrected chi connectivity index (χ0v) is 11.5. The number of hydrogen-bond acceptors (Lipinski definition) is 3. The summed E-state index contributed by atoms with van der Waals surface area (Å²) in [7, 11) is 2.08. The van der Waals surface area contributed by atoms with Gasteiger partial charge in [0.1, 0.15) is 10.3 Å². The number of pyridine rings is 1. The fourth-order valence-electron chi connectivity index (χ4n) is 2.24. The van der Waals surface area contributed by atoms with Crippen molar-refractivity contribution in [3.05, 3.63) is 28.0 Å². The van der Waals surface area contributed by atoms with Crippen LogP contribution in [-0.2, 0) is 11.3 Å². The Morgan fingerprint density at radius 2 is 2.24 bits per heavy atom. The average molecular weight is 275 g/mol. The molecule has 1 aliphatic heterocycles. The molecular formula is C12H16Cl2N2O. The van der Waals surface area contributed by atoms with Crippen LogP contribution in [0.1, 0.15) is 18.9 Å². The highest BCUT2D eigenvalue weighted by Gasteiger charge is 2.28. The summed E-state index contributed by atoms with van der Waals surface area (Å²) in [5, 5.41) is 0.912. The minimum atomic E-state index is 0.277. The molecule has 1 aliphatic rings. The van der Waals surface area contributed by atoms with E-state index in [0.717, 1.165) is 25.1 Å². The van der Waals surface area contributed by atoms with Crippen LogP contribution in [0.25, 0.3) is 0 Å². The summed E-state index contributed by atoms with van der Waals surface area (Å²) in [6.45, 7) is 3.71. The third-order valence-electron chi connectivity index (χ3n) is 3.21. The summed E-state index contributed by atoms with van der Waals surface area (Å²) in [5.74, 6) is 0. The van der Waals surface area contributed by atoms with E-state index in [-0.39, 0.29) is 6.10 Å². The van der Waals surface area contributed by atoms with E-state index in [1.165, 1.54) is 0 Å². The lowest BCUT2D eigenvalue weighted by Crippen LogP contribution is -2.36. The van der Waals surface area contributed by atoms with Gasteiger partial charge in [0, 0.05) is 24.8 Å². The van der Waals surface area contributed by atoms with Gasteiger partial charge in [-0.05, 0) is 26.5 Å². The maximum absolute atomic E-state index is 6.06. The van der Waals surface area contributed by atoms with Gasteiger partial charge in [-0.1, -0.05) is 29.3 Å². The lowest BCUT2D eigenvalue weighted by Gasteiger charge is -2.26. The molecule has 3 nitrogen and oxygen atoms in total. The number of hydrogen-bond donors (Lipinski definition) is 0. The first-order valence-corrected chi connectivity index (χ1v) is 6.46.